The Morgan fingerprint density at radius 3 is 2.11 bits per heavy atom. The summed E-state index contributed by atoms with van der Waals surface area (Å²) in [4.78, 5) is 0. The van der Waals surface area contributed by atoms with Gasteiger partial charge in [-0.05, 0) is 62.1 Å². The number of hydrogen-bond acceptors (Lipinski definition) is 3. The minimum absolute atomic E-state index is 0. The molecule has 1 aliphatic carbocycles. The molecule has 0 aromatic heterocycles. The van der Waals surface area contributed by atoms with E-state index in [0.717, 1.165) is 19.4 Å². The second kappa shape index (κ2) is 8.14. The highest BCUT2D eigenvalue weighted by atomic mass is 15.0. The van der Waals surface area contributed by atoms with E-state index in [1.807, 2.05) is 0 Å². The van der Waals surface area contributed by atoms with E-state index in [1.54, 1.807) is 0 Å². The Labute approximate surface area is 165 Å². The molecule has 2 unspecified atom stereocenters. The summed E-state index contributed by atoms with van der Waals surface area (Å²) in [5.74, 6) is 0.661. The van der Waals surface area contributed by atoms with Crippen molar-refractivity contribution in [1.29, 1.82) is 0 Å². The first kappa shape index (κ1) is 21.6. The fourth-order valence-electron chi connectivity index (χ4n) is 4.58. The molecule has 0 aliphatic heterocycles. The van der Waals surface area contributed by atoms with Crippen LogP contribution in [-0.4, -0.2) is 6.54 Å². The van der Waals surface area contributed by atoms with Crippen molar-refractivity contribution in [2.75, 3.05) is 6.54 Å². The van der Waals surface area contributed by atoms with Crippen molar-refractivity contribution in [3.63, 3.8) is 0 Å². The minimum Gasteiger partial charge on any atom is -0.344 e. The summed E-state index contributed by atoms with van der Waals surface area (Å²) in [6.07, 6.45) is 3.37. The molecular formula is C24H37N3. The smallest absolute Gasteiger partial charge is 0.0461 e. The lowest BCUT2D eigenvalue weighted by molar-refractivity contribution is 0.0580. The van der Waals surface area contributed by atoms with Crippen LogP contribution in [0.2, 0.25) is 0 Å². The summed E-state index contributed by atoms with van der Waals surface area (Å²) in [6, 6.07) is 21.4. The lowest BCUT2D eigenvalue weighted by Crippen LogP contribution is -2.54. The van der Waals surface area contributed by atoms with Crippen molar-refractivity contribution in [2.24, 2.45) is 17.1 Å². The molecule has 0 spiro atoms. The second-order valence-corrected chi connectivity index (χ2v) is 9.20. The Morgan fingerprint density at radius 2 is 1.56 bits per heavy atom. The van der Waals surface area contributed by atoms with E-state index < -0.39 is 0 Å². The van der Waals surface area contributed by atoms with Crippen molar-refractivity contribution in [2.45, 2.75) is 58.0 Å². The van der Waals surface area contributed by atoms with Gasteiger partial charge in [-0.2, -0.15) is 0 Å². The van der Waals surface area contributed by atoms with Gasteiger partial charge in [-0.1, -0.05) is 74.5 Å². The first-order valence-electron chi connectivity index (χ1n) is 9.90. The number of nitrogens with two attached hydrogens (primary N) is 1. The van der Waals surface area contributed by atoms with Crippen LogP contribution in [0.1, 0.15) is 58.1 Å². The predicted octanol–water partition coefficient (Wildman–Crippen LogP) is 5.35. The van der Waals surface area contributed by atoms with E-state index in [0.29, 0.717) is 5.92 Å². The Kier molecular flexibility index (Phi) is 6.51. The largest absolute Gasteiger partial charge is 0.344 e. The summed E-state index contributed by atoms with van der Waals surface area (Å²) in [5.41, 5.74) is 9.42. The monoisotopic (exact) mass is 367 g/mol. The molecule has 2 aromatic carbocycles. The van der Waals surface area contributed by atoms with Gasteiger partial charge in [0.05, 0.1) is 0 Å². The SMILES string of the molecule is CC(C)(NCC1CCC(N)(c2ccccc2)C(C)(C)C1)c1ccccc1.N. The molecule has 0 amide bonds. The summed E-state index contributed by atoms with van der Waals surface area (Å²) in [5, 5.41) is 3.81. The predicted molar refractivity (Wildman–Crippen MR) is 116 cm³/mol. The quantitative estimate of drug-likeness (QED) is 0.666. The fourth-order valence-corrected chi connectivity index (χ4v) is 4.58. The molecule has 0 radical (unpaired) electrons. The number of hydrogen-bond donors (Lipinski definition) is 3. The molecule has 0 bridgehead atoms. The van der Waals surface area contributed by atoms with Crippen LogP contribution in [-0.2, 0) is 11.1 Å². The maximum atomic E-state index is 6.97. The lowest BCUT2D eigenvalue weighted by atomic mass is 9.58. The lowest BCUT2D eigenvalue weighted by Gasteiger charge is -2.51. The molecule has 3 rings (SSSR count). The highest BCUT2D eigenvalue weighted by Gasteiger charge is 2.47. The van der Waals surface area contributed by atoms with Crippen LogP contribution in [0.5, 0.6) is 0 Å². The summed E-state index contributed by atoms with van der Waals surface area (Å²) in [6.45, 7) is 10.3. The third kappa shape index (κ3) is 4.43. The van der Waals surface area contributed by atoms with Gasteiger partial charge in [-0.3, -0.25) is 0 Å². The molecule has 6 N–H and O–H groups in total. The van der Waals surface area contributed by atoms with E-state index in [1.165, 1.54) is 17.5 Å². The van der Waals surface area contributed by atoms with Gasteiger partial charge in [-0.25, -0.2) is 0 Å². The average Bonchev–Trinajstić information content (AvgIpc) is 2.64. The molecule has 2 aromatic rings. The van der Waals surface area contributed by atoms with Crippen molar-refractivity contribution in [3.8, 4) is 0 Å². The minimum atomic E-state index is -0.236. The zero-order chi connectivity index (χ0) is 18.8. The molecule has 1 saturated carbocycles. The fraction of sp³-hybridized carbons (Fsp3) is 0.500. The third-order valence-electron chi connectivity index (χ3n) is 6.57. The van der Waals surface area contributed by atoms with Gasteiger partial charge in [0, 0.05) is 11.1 Å². The van der Waals surface area contributed by atoms with E-state index in [9.17, 15) is 0 Å². The van der Waals surface area contributed by atoms with Gasteiger partial charge < -0.3 is 17.2 Å². The molecule has 0 heterocycles. The molecule has 3 nitrogen and oxygen atoms in total. The van der Waals surface area contributed by atoms with Crippen molar-refractivity contribution in [3.05, 3.63) is 71.8 Å². The molecule has 27 heavy (non-hydrogen) atoms. The van der Waals surface area contributed by atoms with Gasteiger partial charge in [0.25, 0.3) is 0 Å². The Morgan fingerprint density at radius 1 is 1.00 bits per heavy atom. The molecule has 1 fully saturated rings. The van der Waals surface area contributed by atoms with Gasteiger partial charge in [-0.15, -0.1) is 0 Å². The number of rotatable bonds is 5. The average molecular weight is 368 g/mol. The molecule has 148 valence electrons. The molecule has 2 atom stereocenters. The Balaban J connectivity index is 0.00000261. The van der Waals surface area contributed by atoms with Crippen LogP contribution in [0.3, 0.4) is 0 Å². The van der Waals surface area contributed by atoms with Crippen molar-refractivity contribution >= 4 is 0 Å². The van der Waals surface area contributed by atoms with Crippen LogP contribution in [0.4, 0.5) is 0 Å². The first-order chi connectivity index (χ1) is 12.2. The van der Waals surface area contributed by atoms with Gasteiger partial charge >= 0.3 is 0 Å². The van der Waals surface area contributed by atoms with E-state index in [4.69, 9.17) is 5.73 Å². The topological polar surface area (TPSA) is 73.0 Å². The third-order valence-corrected chi connectivity index (χ3v) is 6.57. The van der Waals surface area contributed by atoms with Crippen molar-refractivity contribution in [1.82, 2.24) is 11.5 Å². The summed E-state index contributed by atoms with van der Waals surface area (Å²) >= 11 is 0. The highest BCUT2D eigenvalue weighted by Crippen LogP contribution is 2.50. The summed E-state index contributed by atoms with van der Waals surface area (Å²) < 4.78 is 0. The van der Waals surface area contributed by atoms with E-state index >= 15 is 0 Å². The van der Waals surface area contributed by atoms with Gasteiger partial charge in [0.2, 0.25) is 0 Å². The summed E-state index contributed by atoms with van der Waals surface area (Å²) in [7, 11) is 0. The Hall–Kier alpha value is -1.68. The molecule has 0 saturated heterocycles. The first-order valence-corrected chi connectivity index (χ1v) is 9.90. The number of benzene rings is 2. The zero-order valence-corrected chi connectivity index (χ0v) is 17.5. The maximum absolute atomic E-state index is 6.97. The molecular weight excluding hydrogens is 330 g/mol. The normalized spacial score (nSPS) is 24.9. The van der Waals surface area contributed by atoms with Crippen LogP contribution in [0.15, 0.2) is 60.7 Å². The highest BCUT2D eigenvalue weighted by molar-refractivity contribution is 5.28. The van der Waals surface area contributed by atoms with Gasteiger partial charge in [0.15, 0.2) is 0 Å². The van der Waals surface area contributed by atoms with Crippen molar-refractivity contribution < 1.29 is 0 Å². The van der Waals surface area contributed by atoms with Crippen LogP contribution in [0, 0.1) is 11.3 Å². The van der Waals surface area contributed by atoms with E-state index in [-0.39, 0.29) is 22.6 Å². The number of nitrogens with one attached hydrogen (secondary N) is 1. The second-order valence-electron chi connectivity index (χ2n) is 9.20. The standard InChI is InChI=1S/C24H34N2.H3N/c1-22(2)17-19(15-16-24(22,25)21-13-9-6-10-14-21)18-26-23(3,4)20-11-7-5-8-12-20;/h5-14,19,26H,15-18,25H2,1-4H3;1H3. The maximum Gasteiger partial charge on any atom is 0.0461 e. The van der Waals surface area contributed by atoms with Gasteiger partial charge in [0.1, 0.15) is 0 Å². The zero-order valence-electron chi connectivity index (χ0n) is 17.5. The van der Waals surface area contributed by atoms with Crippen LogP contribution in [0.25, 0.3) is 0 Å². The molecule has 1 aliphatic rings. The van der Waals surface area contributed by atoms with E-state index in [2.05, 4.69) is 93.7 Å². The molecule has 3 heteroatoms. The Bertz CT molecular complexity index is 709. The van der Waals surface area contributed by atoms with Crippen LogP contribution < -0.4 is 17.2 Å². The van der Waals surface area contributed by atoms with Crippen LogP contribution >= 0.6 is 0 Å².